The Morgan fingerprint density at radius 3 is 2.24 bits per heavy atom. The molecule has 0 aromatic heterocycles. The van der Waals surface area contributed by atoms with Gasteiger partial charge in [0.15, 0.2) is 0 Å². The van der Waals surface area contributed by atoms with E-state index in [0.717, 1.165) is 11.1 Å². The number of hydrogen-bond acceptors (Lipinski definition) is 2. The SMILES string of the molecule is C=C(C)C[C@@](C)(C#Cc1ccccc1)C(=O)OC(C)(C)C. The number of ether oxygens (including phenoxy) is 1. The first-order valence-electron chi connectivity index (χ1n) is 7.08. The molecular weight excluding hydrogens is 260 g/mol. The molecule has 0 aliphatic rings. The Kier molecular flexibility index (Phi) is 5.38. The van der Waals surface area contributed by atoms with E-state index >= 15 is 0 Å². The first-order valence-corrected chi connectivity index (χ1v) is 7.08. The van der Waals surface area contributed by atoms with Gasteiger partial charge in [0.1, 0.15) is 11.0 Å². The van der Waals surface area contributed by atoms with Gasteiger partial charge in [0, 0.05) is 5.56 Å². The maximum absolute atomic E-state index is 12.5. The van der Waals surface area contributed by atoms with E-state index in [0.29, 0.717) is 6.42 Å². The van der Waals surface area contributed by atoms with Crippen LogP contribution in [0.2, 0.25) is 0 Å². The summed E-state index contributed by atoms with van der Waals surface area (Å²) in [6.45, 7) is 13.2. The van der Waals surface area contributed by atoms with Crippen molar-refractivity contribution in [3.63, 3.8) is 0 Å². The van der Waals surface area contributed by atoms with Crippen LogP contribution in [0.1, 0.15) is 46.6 Å². The molecule has 2 heteroatoms. The summed E-state index contributed by atoms with van der Waals surface area (Å²) in [5.74, 6) is 5.84. The summed E-state index contributed by atoms with van der Waals surface area (Å²) >= 11 is 0. The molecule has 0 amide bonds. The molecule has 1 atom stereocenters. The smallest absolute Gasteiger partial charge is 0.324 e. The molecule has 0 aliphatic heterocycles. The van der Waals surface area contributed by atoms with Gasteiger partial charge in [-0.2, -0.15) is 0 Å². The topological polar surface area (TPSA) is 26.3 Å². The fourth-order valence-corrected chi connectivity index (χ4v) is 1.89. The second-order valence-electron chi connectivity index (χ2n) is 6.58. The fourth-order valence-electron chi connectivity index (χ4n) is 1.89. The Bertz CT molecular complexity index is 567. The second-order valence-corrected chi connectivity index (χ2v) is 6.58. The lowest BCUT2D eigenvalue weighted by Gasteiger charge is -2.28. The van der Waals surface area contributed by atoms with E-state index in [1.807, 2.05) is 65.0 Å². The third-order valence-corrected chi connectivity index (χ3v) is 2.76. The first kappa shape index (κ1) is 17.0. The summed E-state index contributed by atoms with van der Waals surface area (Å²) in [4.78, 5) is 12.5. The molecule has 2 nitrogen and oxygen atoms in total. The minimum Gasteiger partial charge on any atom is -0.459 e. The van der Waals surface area contributed by atoms with E-state index in [1.165, 1.54) is 0 Å². The van der Waals surface area contributed by atoms with Gasteiger partial charge in [-0.25, -0.2) is 0 Å². The van der Waals surface area contributed by atoms with Crippen molar-refractivity contribution in [2.45, 2.75) is 46.6 Å². The molecule has 0 unspecified atom stereocenters. The van der Waals surface area contributed by atoms with Gasteiger partial charge >= 0.3 is 5.97 Å². The van der Waals surface area contributed by atoms with Gasteiger partial charge in [-0.1, -0.05) is 35.6 Å². The van der Waals surface area contributed by atoms with Gasteiger partial charge in [0.2, 0.25) is 0 Å². The Hall–Kier alpha value is -2.01. The Morgan fingerprint density at radius 2 is 1.76 bits per heavy atom. The molecule has 0 aliphatic carbocycles. The number of benzene rings is 1. The largest absolute Gasteiger partial charge is 0.459 e. The molecule has 0 heterocycles. The normalized spacial score (nSPS) is 13.6. The van der Waals surface area contributed by atoms with E-state index in [2.05, 4.69) is 18.4 Å². The summed E-state index contributed by atoms with van der Waals surface area (Å²) in [5, 5.41) is 0. The van der Waals surface area contributed by atoms with Crippen molar-refractivity contribution in [3.8, 4) is 11.8 Å². The van der Waals surface area contributed by atoms with Gasteiger partial charge in [-0.15, -0.1) is 6.58 Å². The zero-order valence-electron chi connectivity index (χ0n) is 13.6. The molecule has 0 fully saturated rings. The summed E-state index contributed by atoms with van der Waals surface area (Å²) < 4.78 is 5.51. The fraction of sp³-hybridized carbons (Fsp3) is 0.421. The quantitative estimate of drug-likeness (QED) is 0.468. The summed E-state index contributed by atoms with van der Waals surface area (Å²) in [7, 11) is 0. The Balaban J connectivity index is 3.07. The van der Waals surface area contributed by atoms with Gasteiger partial charge in [-0.3, -0.25) is 4.79 Å². The van der Waals surface area contributed by atoms with Crippen molar-refractivity contribution < 1.29 is 9.53 Å². The monoisotopic (exact) mass is 284 g/mol. The standard InChI is InChI=1S/C19H24O2/c1-15(2)14-19(6,17(20)21-18(3,4)5)13-12-16-10-8-7-9-11-16/h7-11H,1,14H2,2-6H3/t19-/m1/s1. The van der Waals surface area contributed by atoms with Crippen molar-refractivity contribution in [2.75, 3.05) is 0 Å². The molecular formula is C19H24O2. The van der Waals surface area contributed by atoms with Crippen LogP contribution in [0.4, 0.5) is 0 Å². The number of carbonyl (C=O) groups excluding carboxylic acids is 1. The predicted molar refractivity (Wildman–Crippen MR) is 86.7 cm³/mol. The Labute approximate surface area is 128 Å². The molecule has 0 N–H and O–H groups in total. The summed E-state index contributed by atoms with van der Waals surface area (Å²) in [6, 6.07) is 9.62. The van der Waals surface area contributed by atoms with E-state index in [9.17, 15) is 4.79 Å². The highest BCUT2D eigenvalue weighted by Gasteiger charge is 2.35. The zero-order valence-corrected chi connectivity index (χ0v) is 13.6. The van der Waals surface area contributed by atoms with E-state index in [4.69, 9.17) is 4.74 Å². The average molecular weight is 284 g/mol. The van der Waals surface area contributed by atoms with Crippen molar-refractivity contribution in [1.29, 1.82) is 0 Å². The van der Waals surface area contributed by atoms with Gasteiger partial charge in [0.05, 0.1) is 0 Å². The van der Waals surface area contributed by atoms with Crippen LogP contribution in [-0.4, -0.2) is 11.6 Å². The molecule has 1 aromatic carbocycles. The van der Waals surface area contributed by atoms with Crippen LogP contribution in [-0.2, 0) is 9.53 Å². The molecule has 0 bridgehead atoms. The van der Waals surface area contributed by atoms with Crippen molar-refractivity contribution in [1.82, 2.24) is 0 Å². The molecule has 1 aromatic rings. The second kappa shape index (κ2) is 6.63. The zero-order chi connectivity index (χ0) is 16.1. The number of esters is 1. The van der Waals surface area contributed by atoms with Crippen molar-refractivity contribution in [3.05, 3.63) is 48.0 Å². The molecule has 21 heavy (non-hydrogen) atoms. The van der Waals surface area contributed by atoms with Crippen LogP contribution in [0.15, 0.2) is 42.5 Å². The van der Waals surface area contributed by atoms with Gasteiger partial charge in [0.25, 0.3) is 0 Å². The van der Waals surface area contributed by atoms with Crippen LogP contribution in [0.25, 0.3) is 0 Å². The maximum atomic E-state index is 12.5. The number of carbonyl (C=O) groups is 1. The number of allylic oxidation sites excluding steroid dienone is 1. The lowest BCUT2D eigenvalue weighted by Crippen LogP contribution is -2.35. The maximum Gasteiger partial charge on any atom is 0.324 e. The molecule has 0 spiro atoms. The lowest BCUT2D eigenvalue weighted by molar-refractivity contribution is -0.163. The number of hydrogen-bond donors (Lipinski definition) is 0. The van der Waals surface area contributed by atoms with Crippen molar-refractivity contribution >= 4 is 5.97 Å². The van der Waals surface area contributed by atoms with Crippen LogP contribution in [0, 0.1) is 17.3 Å². The van der Waals surface area contributed by atoms with Gasteiger partial charge < -0.3 is 4.74 Å². The molecule has 112 valence electrons. The molecule has 0 radical (unpaired) electrons. The van der Waals surface area contributed by atoms with E-state index < -0.39 is 11.0 Å². The average Bonchev–Trinajstić information content (AvgIpc) is 2.35. The first-order chi connectivity index (χ1) is 9.62. The third kappa shape index (κ3) is 5.87. The van der Waals surface area contributed by atoms with E-state index in [1.54, 1.807) is 0 Å². The molecule has 0 saturated carbocycles. The highest BCUT2D eigenvalue weighted by Crippen LogP contribution is 2.28. The Morgan fingerprint density at radius 1 is 1.19 bits per heavy atom. The minimum absolute atomic E-state index is 0.304. The third-order valence-electron chi connectivity index (χ3n) is 2.76. The van der Waals surface area contributed by atoms with Crippen molar-refractivity contribution in [2.24, 2.45) is 5.41 Å². The van der Waals surface area contributed by atoms with Crippen LogP contribution in [0.3, 0.4) is 0 Å². The highest BCUT2D eigenvalue weighted by molar-refractivity contribution is 5.81. The predicted octanol–water partition coefficient (Wildman–Crippen LogP) is 4.35. The van der Waals surface area contributed by atoms with Crippen LogP contribution < -0.4 is 0 Å². The molecule has 1 rings (SSSR count). The highest BCUT2D eigenvalue weighted by atomic mass is 16.6. The van der Waals surface area contributed by atoms with E-state index in [-0.39, 0.29) is 5.97 Å². The summed E-state index contributed by atoms with van der Waals surface area (Å²) in [5.41, 5.74) is 0.385. The van der Waals surface area contributed by atoms with Crippen LogP contribution >= 0.6 is 0 Å². The van der Waals surface area contributed by atoms with Crippen LogP contribution in [0.5, 0.6) is 0 Å². The number of rotatable bonds is 3. The minimum atomic E-state index is -0.880. The summed E-state index contributed by atoms with van der Waals surface area (Å²) in [6.07, 6.45) is 0.488. The van der Waals surface area contributed by atoms with Gasteiger partial charge in [-0.05, 0) is 53.2 Å². The molecule has 0 saturated heterocycles. The lowest BCUT2D eigenvalue weighted by atomic mass is 9.84.